The average molecular weight is 367 g/mol. The van der Waals surface area contributed by atoms with Crippen molar-refractivity contribution >= 4 is 33.3 Å². The lowest BCUT2D eigenvalue weighted by Gasteiger charge is -2.16. The van der Waals surface area contributed by atoms with Crippen LogP contribution in [0.5, 0.6) is 0 Å². The van der Waals surface area contributed by atoms with E-state index < -0.39 is 0 Å². The number of thiophene rings is 1. The van der Waals surface area contributed by atoms with E-state index in [2.05, 4.69) is 0 Å². The van der Waals surface area contributed by atoms with E-state index in [1.54, 1.807) is 15.9 Å². The molecule has 0 bridgehead atoms. The fourth-order valence-electron chi connectivity index (χ4n) is 3.62. The fourth-order valence-corrected chi connectivity index (χ4v) is 5.67. The Kier molecular flexibility index (Phi) is 4.94. The van der Waals surface area contributed by atoms with Gasteiger partial charge >= 0.3 is 0 Å². The Hall–Kier alpha value is -0.890. The molecule has 130 valence electrons. The average Bonchev–Trinajstić information content (AvgIpc) is 3.22. The number of thioether (sulfide) groups is 1. The van der Waals surface area contributed by atoms with E-state index in [4.69, 9.17) is 14.8 Å². The van der Waals surface area contributed by atoms with Crippen LogP contribution in [0.4, 0.5) is 0 Å². The lowest BCUT2D eigenvalue weighted by molar-refractivity contribution is 0.0937. The molecular formula is C17H22N2O3S2. The zero-order chi connectivity index (χ0) is 16.5. The van der Waals surface area contributed by atoms with Crippen LogP contribution in [0.25, 0.3) is 10.2 Å². The molecule has 1 saturated heterocycles. The van der Waals surface area contributed by atoms with Crippen molar-refractivity contribution in [1.82, 2.24) is 9.55 Å². The zero-order valence-corrected chi connectivity index (χ0v) is 15.3. The molecule has 0 saturated carbocycles. The number of ether oxygens (including phenoxy) is 1. The molecule has 3 heterocycles. The molecule has 1 aliphatic heterocycles. The highest BCUT2D eigenvalue weighted by Gasteiger charge is 2.24. The van der Waals surface area contributed by atoms with E-state index in [1.165, 1.54) is 28.6 Å². The van der Waals surface area contributed by atoms with Gasteiger partial charge < -0.3 is 9.84 Å². The second-order valence-electron chi connectivity index (χ2n) is 6.41. The lowest BCUT2D eigenvalue weighted by Crippen LogP contribution is -2.29. The van der Waals surface area contributed by atoms with Gasteiger partial charge in [-0.05, 0) is 44.1 Å². The molecule has 1 N–H and O–H groups in total. The first-order valence-electron chi connectivity index (χ1n) is 8.68. The molecule has 1 atom stereocenters. The summed E-state index contributed by atoms with van der Waals surface area (Å²) < 4.78 is 7.53. The summed E-state index contributed by atoms with van der Waals surface area (Å²) in [6.45, 7) is 1.43. The Morgan fingerprint density at radius 1 is 1.33 bits per heavy atom. The molecule has 1 fully saturated rings. The van der Waals surface area contributed by atoms with Crippen molar-refractivity contribution in [3.8, 4) is 0 Å². The van der Waals surface area contributed by atoms with Crippen molar-refractivity contribution in [2.75, 3.05) is 19.0 Å². The minimum absolute atomic E-state index is 0.0790. The topological polar surface area (TPSA) is 64.3 Å². The Morgan fingerprint density at radius 3 is 3.00 bits per heavy atom. The summed E-state index contributed by atoms with van der Waals surface area (Å²) >= 11 is 3.14. The molecule has 1 aliphatic carbocycles. The Morgan fingerprint density at radius 2 is 2.21 bits per heavy atom. The Labute approximate surface area is 149 Å². The van der Waals surface area contributed by atoms with E-state index in [1.807, 2.05) is 0 Å². The summed E-state index contributed by atoms with van der Waals surface area (Å²) in [5, 5.41) is 10.7. The van der Waals surface area contributed by atoms with Crippen molar-refractivity contribution in [1.29, 1.82) is 0 Å². The van der Waals surface area contributed by atoms with Gasteiger partial charge in [0.1, 0.15) is 4.83 Å². The summed E-state index contributed by atoms with van der Waals surface area (Å²) in [5.74, 6) is 0.550. The van der Waals surface area contributed by atoms with Crippen LogP contribution >= 0.6 is 23.1 Å². The number of nitrogens with zero attached hydrogens (tertiary/aromatic N) is 2. The quantitative estimate of drug-likeness (QED) is 0.651. The Balaban J connectivity index is 1.82. The predicted octanol–water partition coefficient (Wildman–Crippen LogP) is 2.60. The molecule has 2 aromatic heterocycles. The second-order valence-corrected chi connectivity index (χ2v) is 8.55. The smallest absolute Gasteiger partial charge is 0.263 e. The van der Waals surface area contributed by atoms with Gasteiger partial charge in [-0.15, -0.1) is 11.3 Å². The summed E-state index contributed by atoms with van der Waals surface area (Å²) in [4.78, 5) is 20.2. The first-order chi connectivity index (χ1) is 11.8. The van der Waals surface area contributed by atoms with Crippen molar-refractivity contribution in [2.45, 2.75) is 56.3 Å². The first-order valence-corrected chi connectivity index (χ1v) is 10.5. The highest BCUT2D eigenvalue weighted by atomic mass is 32.2. The second kappa shape index (κ2) is 7.15. The SMILES string of the molecule is O=c1c2c3c(sc2nc(SCCO)n1CC1CCCO1)CCCC3. The summed E-state index contributed by atoms with van der Waals surface area (Å²) in [6, 6.07) is 0. The number of aliphatic hydroxyl groups excluding tert-OH is 1. The van der Waals surface area contributed by atoms with Gasteiger partial charge in [0.25, 0.3) is 5.56 Å². The monoisotopic (exact) mass is 366 g/mol. The van der Waals surface area contributed by atoms with Crippen molar-refractivity contribution in [2.24, 2.45) is 0 Å². The van der Waals surface area contributed by atoms with Crippen LogP contribution in [0.15, 0.2) is 9.95 Å². The zero-order valence-electron chi connectivity index (χ0n) is 13.6. The maximum atomic E-state index is 13.2. The number of rotatable bonds is 5. The molecule has 4 rings (SSSR count). The maximum Gasteiger partial charge on any atom is 0.263 e. The van der Waals surface area contributed by atoms with Crippen molar-refractivity contribution < 1.29 is 9.84 Å². The number of hydrogen-bond donors (Lipinski definition) is 1. The third-order valence-corrected chi connectivity index (χ3v) is 6.91. The molecule has 7 heteroatoms. The largest absolute Gasteiger partial charge is 0.396 e. The standard InChI is InChI=1S/C17H22N2O3S2/c20-7-9-23-17-18-15-14(12-5-1-2-6-13(12)24-15)16(21)19(17)10-11-4-3-8-22-11/h11,20H,1-10H2. The van der Waals surface area contributed by atoms with Crippen LogP contribution in [0.2, 0.25) is 0 Å². The molecule has 1 unspecified atom stereocenters. The molecule has 24 heavy (non-hydrogen) atoms. The third kappa shape index (κ3) is 3.03. The number of hydrogen-bond acceptors (Lipinski definition) is 6. The van der Waals surface area contributed by atoms with E-state index in [-0.39, 0.29) is 18.3 Å². The molecule has 0 spiro atoms. The summed E-state index contributed by atoms with van der Waals surface area (Å²) in [6.07, 6.45) is 6.58. The molecular weight excluding hydrogens is 344 g/mol. The van der Waals surface area contributed by atoms with Gasteiger partial charge in [0, 0.05) is 17.2 Å². The van der Waals surface area contributed by atoms with Gasteiger partial charge in [-0.25, -0.2) is 4.98 Å². The number of fused-ring (bicyclic) bond motifs is 3. The number of aryl methyl sites for hydroxylation is 2. The van der Waals surface area contributed by atoms with Gasteiger partial charge in [0.15, 0.2) is 5.16 Å². The first kappa shape index (κ1) is 16.6. The van der Waals surface area contributed by atoms with Crippen LogP contribution in [0, 0.1) is 0 Å². The third-order valence-electron chi connectivity index (χ3n) is 4.77. The van der Waals surface area contributed by atoms with Gasteiger partial charge in [0.2, 0.25) is 0 Å². The predicted molar refractivity (Wildman–Crippen MR) is 97.3 cm³/mol. The van der Waals surface area contributed by atoms with Crippen molar-refractivity contribution in [3.63, 3.8) is 0 Å². The highest BCUT2D eigenvalue weighted by Crippen LogP contribution is 2.34. The minimum atomic E-state index is 0.0790. The molecule has 0 aromatic carbocycles. The van der Waals surface area contributed by atoms with Crippen LogP contribution in [-0.2, 0) is 24.1 Å². The molecule has 2 aromatic rings. The molecule has 2 aliphatic rings. The lowest BCUT2D eigenvalue weighted by atomic mass is 9.97. The normalized spacial score (nSPS) is 20.6. The van der Waals surface area contributed by atoms with Crippen molar-refractivity contribution in [3.05, 3.63) is 20.8 Å². The number of aliphatic hydroxyl groups is 1. The van der Waals surface area contributed by atoms with Crippen LogP contribution in [-0.4, -0.2) is 39.7 Å². The molecule has 0 radical (unpaired) electrons. The van der Waals surface area contributed by atoms with Crippen LogP contribution in [0.1, 0.15) is 36.1 Å². The van der Waals surface area contributed by atoms with Gasteiger partial charge in [0.05, 0.1) is 24.6 Å². The van der Waals surface area contributed by atoms with E-state index in [0.29, 0.717) is 12.3 Å². The van der Waals surface area contributed by atoms with Gasteiger partial charge in [-0.3, -0.25) is 9.36 Å². The Bertz CT molecular complexity index is 793. The summed E-state index contributed by atoms with van der Waals surface area (Å²) in [5.41, 5.74) is 1.31. The summed E-state index contributed by atoms with van der Waals surface area (Å²) in [7, 11) is 0. The van der Waals surface area contributed by atoms with E-state index in [9.17, 15) is 4.79 Å². The van der Waals surface area contributed by atoms with Gasteiger partial charge in [-0.1, -0.05) is 11.8 Å². The maximum absolute atomic E-state index is 13.2. The minimum Gasteiger partial charge on any atom is -0.396 e. The van der Waals surface area contributed by atoms with Gasteiger partial charge in [-0.2, -0.15) is 0 Å². The van der Waals surface area contributed by atoms with E-state index in [0.717, 1.165) is 54.1 Å². The van der Waals surface area contributed by atoms with Crippen LogP contribution in [0.3, 0.4) is 0 Å². The fraction of sp³-hybridized carbons (Fsp3) is 0.647. The van der Waals surface area contributed by atoms with E-state index >= 15 is 0 Å². The molecule has 5 nitrogen and oxygen atoms in total. The molecule has 0 amide bonds. The highest BCUT2D eigenvalue weighted by molar-refractivity contribution is 7.99. The van der Waals surface area contributed by atoms with Crippen LogP contribution < -0.4 is 5.56 Å². The number of aromatic nitrogens is 2.